The van der Waals surface area contributed by atoms with Gasteiger partial charge in [0.25, 0.3) is 0 Å². The predicted octanol–water partition coefficient (Wildman–Crippen LogP) is 3.82. The van der Waals surface area contributed by atoms with Gasteiger partial charge in [0.2, 0.25) is 0 Å². The Hall–Kier alpha value is -2.51. The van der Waals surface area contributed by atoms with Crippen molar-refractivity contribution in [2.75, 3.05) is 16.8 Å². The second kappa shape index (κ2) is 7.63. The van der Waals surface area contributed by atoms with Crippen LogP contribution in [0.1, 0.15) is 48.3 Å². The molecule has 2 aromatic carbocycles. The molecule has 0 saturated carbocycles. The maximum Gasteiger partial charge on any atom is 0.150 e. The maximum atomic E-state index is 11.8. The molecule has 1 aliphatic rings. The number of anilines is 1. The smallest absolute Gasteiger partial charge is 0.150 e. The molecule has 4 rings (SSSR count). The van der Waals surface area contributed by atoms with Crippen molar-refractivity contribution in [2.24, 2.45) is 0 Å². The van der Waals surface area contributed by atoms with Crippen LogP contribution in [0.5, 0.6) is 0 Å². The topological polar surface area (TPSA) is 92.2 Å². The summed E-state index contributed by atoms with van der Waals surface area (Å²) in [6.07, 6.45) is 0.409. The first-order valence-corrected chi connectivity index (χ1v) is 12.0. The molecule has 0 bridgehead atoms. The van der Waals surface area contributed by atoms with Crippen LogP contribution in [-0.2, 0) is 15.4 Å². The zero-order chi connectivity index (χ0) is 21.5. The lowest BCUT2D eigenvalue weighted by atomic mass is 9.87. The zero-order valence-electron chi connectivity index (χ0n) is 17.5. The van der Waals surface area contributed by atoms with Crippen molar-refractivity contribution in [2.45, 2.75) is 45.3 Å². The molecular weight excluding hydrogens is 398 g/mol. The van der Waals surface area contributed by atoms with Gasteiger partial charge in [0, 0.05) is 11.4 Å². The highest BCUT2D eigenvalue weighted by molar-refractivity contribution is 7.91. The second-order valence-corrected chi connectivity index (χ2v) is 10.6. The number of aryl methyl sites for hydroxylation is 2. The van der Waals surface area contributed by atoms with Crippen molar-refractivity contribution in [3.05, 3.63) is 65.0 Å². The standard InChI is InChI=1S/C23H27N3O3S/c1-15-5-4-6-18(13-15)16(2)24-22-20-14-19(7-8-21(20)25-17(3)26-22)23(27)9-11-30(28,29)12-10-23/h4-8,13-14,16,27H,9-12H2,1-3H3,(H,24,25,26)/t16-/m1/s1. The number of hydrogen-bond donors (Lipinski definition) is 2. The van der Waals surface area contributed by atoms with Crippen molar-refractivity contribution in [1.82, 2.24) is 9.97 Å². The molecule has 2 heterocycles. The first kappa shape index (κ1) is 20.8. The highest BCUT2D eigenvalue weighted by Crippen LogP contribution is 2.36. The molecule has 1 fully saturated rings. The fourth-order valence-electron chi connectivity index (χ4n) is 4.04. The van der Waals surface area contributed by atoms with E-state index in [1.54, 1.807) is 0 Å². The van der Waals surface area contributed by atoms with Gasteiger partial charge in [-0.1, -0.05) is 35.9 Å². The largest absolute Gasteiger partial charge is 0.385 e. The Balaban J connectivity index is 1.72. The highest BCUT2D eigenvalue weighted by atomic mass is 32.2. The van der Waals surface area contributed by atoms with Crippen LogP contribution in [0.15, 0.2) is 42.5 Å². The molecule has 0 amide bonds. The summed E-state index contributed by atoms with van der Waals surface area (Å²) in [5.41, 5.74) is 2.71. The van der Waals surface area contributed by atoms with Gasteiger partial charge in [-0.3, -0.25) is 0 Å². The van der Waals surface area contributed by atoms with E-state index >= 15 is 0 Å². The molecule has 1 atom stereocenters. The van der Waals surface area contributed by atoms with Crippen molar-refractivity contribution < 1.29 is 13.5 Å². The number of rotatable bonds is 4. The molecule has 0 radical (unpaired) electrons. The number of sulfone groups is 1. The third-order valence-electron chi connectivity index (χ3n) is 5.89. The summed E-state index contributed by atoms with van der Waals surface area (Å²) in [4.78, 5) is 9.16. The van der Waals surface area contributed by atoms with Crippen molar-refractivity contribution in [3.63, 3.8) is 0 Å². The summed E-state index contributed by atoms with van der Waals surface area (Å²) in [6.45, 7) is 6.01. The predicted molar refractivity (Wildman–Crippen MR) is 119 cm³/mol. The maximum absolute atomic E-state index is 11.8. The van der Waals surface area contributed by atoms with Crippen LogP contribution in [0.2, 0.25) is 0 Å². The van der Waals surface area contributed by atoms with Gasteiger partial charge >= 0.3 is 0 Å². The van der Waals surface area contributed by atoms with Crippen LogP contribution in [0.25, 0.3) is 10.9 Å². The number of fused-ring (bicyclic) bond motifs is 1. The van der Waals surface area contributed by atoms with Crippen molar-refractivity contribution in [3.8, 4) is 0 Å². The van der Waals surface area contributed by atoms with E-state index in [0.717, 1.165) is 16.5 Å². The Kier molecular flexibility index (Phi) is 5.28. The number of aliphatic hydroxyl groups is 1. The van der Waals surface area contributed by atoms with Gasteiger partial charge in [-0.15, -0.1) is 0 Å². The first-order valence-electron chi connectivity index (χ1n) is 10.2. The van der Waals surface area contributed by atoms with Crippen molar-refractivity contribution in [1.29, 1.82) is 0 Å². The lowest BCUT2D eigenvalue weighted by molar-refractivity contribution is 0.0265. The van der Waals surface area contributed by atoms with Crippen LogP contribution in [-0.4, -0.2) is 35.0 Å². The van der Waals surface area contributed by atoms with Crippen LogP contribution < -0.4 is 5.32 Å². The lowest BCUT2D eigenvalue weighted by Gasteiger charge is -2.32. The van der Waals surface area contributed by atoms with E-state index in [1.807, 2.05) is 31.2 Å². The minimum absolute atomic E-state index is 0.00142. The van der Waals surface area contributed by atoms with E-state index in [9.17, 15) is 13.5 Å². The fourth-order valence-corrected chi connectivity index (χ4v) is 5.54. The molecule has 0 aliphatic carbocycles. The molecule has 6 nitrogen and oxygen atoms in total. The SMILES string of the molecule is Cc1cccc([C@@H](C)Nc2nc(C)nc3ccc(C4(O)CCS(=O)(=O)CC4)cc23)c1. The van der Waals surface area contributed by atoms with Crippen LogP contribution in [0.3, 0.4) is 0 Å². The molecule has 2 N–H and O–H groups in total. The van der Waals surface area contributed by atoms with Crippen LogP contribution in [0, 0.1) is 13.8 Å². The minimum atomic E-state index is -3.07. The highest BCUT2D eigenvalue weighted by Gasteiger charge is 2.37. The average Bonchev–Trinajstić information content (AvgIpc) is 2.70. The Morgan fingerprint density at radius 2 is 1.80 bits per heavy atom. The molecule has 0 spiro atoms. The molecule has 1 aliphatic heterocycles. The molecule has 1 saturated heterocycles. The third kappa shape index (κ3) is 4.18. The Morgan fingerprint density at radius 1 is 1.07 bits per heavy atom. The molecular formula is C23H27N3O3S. The Bertz CT molecular complexity index is 1190. The first-order chi connectivity index (χ1) is 14.2. The molecule has 7 heteroatoms. The van der Waals surface area contributed by atoms with E-state index in [2.05, 4.69) is 47.3 Å². The minimum Gasteiger partial charge on any atom is -0.385 e. The molecule has 0 unspecified atom stereocenters. The van der Waals surface area contributed by atoms with Crippen LogP contribution in [0.4, 0.5) is 5.82 Å². The number of aromatic nitrogens is 2. The van der Waals surface area contributed by atoms with E-state index in [4.69, 9.17) is 0 Å². The monoisotopic (exact) mass is 425 g/mol. The summed E-state index contributed by atoms with van der Waals surface area (Å²) >= 11 is 0. The quantitative estimate of drug-likeness (QED) is 0.660. The lowest BCUT2D eigenvalue weighted by Crippen LogP contribution is -2.36. The van der Waals surface area contributed by atoms with Gasteiger partial charge in [-0.05, 0) is 56.9 Å². The van der Waals surface area contributed by atoms with E-state index < -0.39 is 15.4 Å². The Labute approximate surface area is 177 Å². The van der Waals surface area contributed by atoms with E-state index in [1.165, 1.54) is 5.56 Å². The van der Waals surface area contributed by atoms with Gasteiger partial charge in [-0.2, -0.15) is 0 Å². The van der Waals surface area contributed by atoms with Crippen molar-refractivity contribution >= 4 is 26.6 Å². The van der Waals surface area contributed by atoms with Gasteiger partial charge in [-0.25, -0.2) is 18.4 Å². The summed E-state index contributed by atoms with van der Waals surface area (Å²) in [5, 5.41) is 15.5. The third-order valence-corrected chi connectivity index (χ3v) is 7.55. The molecule has 1 aromatic heterocycles. The van der Waals surface area contributed by atoms with E-state index in [0.29, 0.717) is 17.2 Å². The zero-order valence-corrected chi connectivity index (χ0v) is 18.3. The number of benzene rings is 2. The number of nitrogens with one attached hydrogen (secondary N) is 1. The molecule has 3 aromatic rings. The Morgan fingerprint density at radius 3 is 2.50 bits per heavy atom. The van der Waals surface area contributed by atoms with Crippen LogP contribution >= 0.6 is 0 Å². The van der Waals surface area contributed by atoms with Gasteiger partial charge in [0.1, 0.15) is 11.6 Å². The summed E-state index contributed by atoms with van der Waals surface area (Å²) < 4.78 is 23.6. The second-order valence-electron chi connectivity index (χ2n) is 8.31. The summed E-state index contributed by atoms with van der Waals surface area (Å²) in [6, 6.07) is 14.0. The average molecular weight is 426 g/mol. The molecule has 30 heavy (non-hydrogen) atoms. The fraction of sp³-hybridized carbons (Fsp3) is 0.391. The van der Waals surface area contributed by atoms with Gasteiger partial charge < -0.3 is 10.4 Å². The van der Waals surface area contributed by atoms with Gasteiger partial charge in [0.05, 0.1) is 22.6 Å². The summed E-state index contributed by atoms with van der Waals surface area (Å²) in [5.74, 6) is 1.38. The summed E-state index contributed by atoms with van der Waals surface area (Å²) in [7, 11) is -3.07. The normalized spacial score (nSPS) is 18.8. The number of hydrogen-bond acceptors (Lipinski definition) is 6. The van der Waals surface area contributed by atoms with E-state index in [-0.39, 0.29) is 30.4 Å². The number of nitrogens with zero attached hydrogens (tertiary/aromatic N) is 2. The van der Waals surface area contributed by atoms with Gasteiger partial charge in [0.15, 0.2) is 9.84 Å². The molecule has 158 valence electrons.